The van der Waals surface area contributed by atoms with Gasteiger partial charge in [0.2, 0.25) is 0 Å². The van der Waals surface area contributed by atoms with Crippen molar-refractivity contribution in [3.05, 3.63) is 34.9 Å². The fraction of sp³-hybridized carbons (Fsp3) is 0.529. The number of halogens is 1. The van der Waals surface area contributed by atoms with Crippen molar-refractivity contribution in [1.29, 1.82) is 0 Å². The zero-order valence-electron chi connectivity index (χ0n) is 13.8. The summed E-state index contributed by atoms with van der Waals surface area (Å²) < 4.78 is 5.47. The number of carbonyl (C=O) groups excluding carboxylic acids is 1. The molecular formula is C17H23ClN2O4. The van der Waals surface area contributed by atoms with E-state index in [-0.39, 0.29) is 24.4 Å². The molecule has 0 aromatic heterocycles. The number of hydrogen-bond donors (Lipinski definition) is 2. The van der Waals surface area contributed by atoms with Crippen molar-refractivity contribution in [1.82, 2.24) is 10.2 Å². The molecule has 2 N–H and O–H groups in total. The first-order chi connectivity index (χ1) is 11.4. The average Bonchev–Trinajstić information content (AvgIpc) is 2.59. The van der Waals surface area contributed by atoms with Gasteiger partial charge in [0.15, 0.2) is 0 Å². The molecule has 0 radical (unpaired) electrons. The van der Waals surface area contributed by atoms with E-state index >= 15 is 0 Å². The lowest BCUT2D eigenvalue weighted by atomic mass is 9.74. The highest BCUT2D eigenvalue weighted by Crippen LogP contribution is 2.34. The van der Waals surface area contributed by atoms with E-state index in [0.717, 1.165) is 18.4 Å². The van der Waals surface area contributed by atoms with Crippen LogP contribution < -0.4 is 5.32 Å². The molecule has 7 heteroatoms. The van der Waals surface area contributed by atoms with Crippen molar-refractivity contribution in [3.8, 4) is 0 Å². The monoisotopic (exact) mass is 354 g/mol. The van der Waals surface area contributed by atoms with Gasteiger partial charge in [-0.05, 0) is 30.5 Å². The molecule has 1 aliphatic rings. The Kier molecular flexibility index (Phi) is 6.45. The minimum absolute atomic E-state index is 0.0694. The second kappa shape index (κ2) is 8.35. The predicted molar refractivity (Wildman–Crippen MR) is 91.5 cm³/mol. The third-order valence-corrected chi connectivity index (χ3v) is 4.74. The van der Waals surface area contributed by atoms with Gasteiger partial charge in [0, 0.05) is 43.8 Å². The predicted octanol–water partition coefficient (Wildman–Crippen LogP) is 2.50. The molecule has 2 amide bonds. The van der Waals surface area contributed by atoms with Gasteiger partial charge in [-0.15, -0.1) is 0 Å². The summed E-state index contributed by atoms with van der Waals surface area (Å²) in [5, 5.41) is 12.3. The number of benzene rings is 1. The van der Waals surface area contributed by atoms with Gasteiger partial charge in [-0.3, -0.25) is 4.79 Å². The van der Waals surface area contributed by atoms with Crippen LogP contribution in [-0.4, -0.2) is 55.4 Å². The van der Waals surface area contributed by atoms with Crippen LogP contribution in [0.5, 0.6) is 0 Å². The smallest absolute Gasteiger partial charge is 0.317 e. The molecule has 1 saturated heterocycles. The summed E-state index contributed by atoms with van der Waals surface area (Å²) in [7, 11) is 1.59. The van der Waals surface area contributed by atoms with Crippen molar-refractivity contribution in [2.75, 3.05) is 33.4 Å². The van der Waals surface area contributed by atoms with Gasteiger partial charge in [0.05, 0.1) is 6.42 Å². The largest absolute Gasteiger partial charge is 0.481 e. The summed E-state index contributed by atoms with van der Waals surface area (Å²) in [6.45, 7) is 1.95. The van der Waals surface area contributed by atoms with E-state index in [9.17, 15) is 9.59 Å². The van der Waals surface area contributed by atoms with Crippen LogP contribution in [0.25, 0.3) is 0 Å². The Balaban J connectivity index is 2.02. The van der Waals surface area contributed by atoms with Crippen molar-refractivity contribution in [2.45, 2.75) is 24.7 Å². The zero-order valence-corrected chi connectivity index (χ0v) is 14.5. The first-order valence-corrected chi connectivity index (χ1v) is 8.35. The molecule has 0 unspecified atom stereocenters. The molecule has 0 bridgehead atoms. The van der Waals surface area contributed by atoms with Crippen LogP contribution in [0, 0.1) is 0 Å². The SMILES string of the molecule is CN(CCC(=O)O)C(=O)NCC1(c2ccc(Cl)cc2)CCOCC1. The highest BCUT2D eigenvalue weighted by molar-refractivity contribution is 6.30. The normalized spacial score (nSPS) is 16.4. The van der Waals surface area contributed by atoms with Crippen LogP contribution in [-0.2, 0) is 14.9 Å². The third-order valence-electron chi connectivity index (χ3n) is 4.49. The molecule has 132 valence electrons. The Morgan fingerprint density at radius 1 is 1.29 bits per heavy atom. The lowest BCUT2D eigenvalue weighted by molar-refractivity contribution is -0.137. The molecule has 0 atom stereocenters. The number of amides is 2. The number of carbonyl (C=O) groups is 2. The summed E-state index contributed by atoms with van der Waals surface area (Å²) in [4.78, 5) is 24.2. The highest BCUT2D eigenvalue weighted by atomic mass is 35.5. The number of rotatable bonds is 6. The van der Waals surface area contributed by atoms with Gasteiger partial charge < -0.3 is 20.1 Å². The number of urea groups is 1. The van der Waals surface area contributed by atoms with E-state index in [1.165, 1.54) is 4.90 Å². The lowest BCUT2D eigenvalue weighted by Gasteiger charge is -2.38. The van der Waals surface area contributed by atoms with Gasteiger partial charge in [-0.25, -0.2) is 4.79 Å². The molecule has 2 rings (SSSR count). The maximum Gasteiger partial charge on any atom is 0.317 e. The van der Waals surface area contributed by atoms with Crippen LogP contribution in [0.15, 0.2) is 24.3 Å². The highest BCUT2D eigenvalue weighted by Gasteiger charge is 2.35. The van der Waals surface area contributed by atoms with E-state index < -0.39 is 5.97 Å². The molecule has 0 saturated carbocycles. The minimum Gasteiger partial charge on any atom is -0.481 e. The van der Waals surface area contributed by atoms with E-state index in [1.54, 1.807) is 7.05 Å². The fourth-order valence-corrected chi connectivity index (χ4v) is 3.00. The molecule has 1 heterocycles. The summed E-state index contributed by atoms with van der Waals surface area (Å²) >= 11 is 5.98. The molecular weight excluding hydrogens is 332 g/mol. The van der Waals surface area contributed by atoms with Crippen LogP contribution in [0.1, 0.15) is 24.8 Å². The Morgan fingerprint density at radius 3 is 2.50 bits per heavy atom. The Labute approximate surface area is 146 Å². The molecule has 1 aliphatic heterocycles. The summed E-state index contributed by atoms with van der Waals surface area (Å²) in [6, 6.07) is 7.43. The van der Waals surface area contributed by atoms with Crippen molar-refractivity contribution in [2.24, 2.45) is 0 Å². The minimum atomic E-state index is -0.920. The molecule has 24 heavy (non-hydrogen) atoms. The number of carboxylic acid groups (broad SMARTS) is 1. The van der Waals surface area contributed by atoms with E-state index in [4.69, 9.17) is 21.4 Å². The number of hydrogen-bond acceptors (Lipinski definition) is 3. The van der Waals surface area contributed by atoms with Gasteiger partial charge in [-0.1, -0.05) is 23.7 Å². The number of nitrogens with zero attached hydrogens (tertiary/aromatic N) is 1. The number of aliphatic carboxylic acids is 1. The maximum absolute atomic E-state index is 12.2. The molecule has 6 nitrogen and oxygen atoms in total. The van der Waals surface area contributed by atoms with E-state index in [2.05, 4.69) is 5.32 Å². The van der Waals surface area contributed by atoms with E-state index in [1.807, 2.05) is 24.3 Å². The Morgan fingerprint density at radius 2 is 1.92 bits per heavy atom. The second-order valence-corrected chi connectivity index (χ2v) is 6.56. The van der Waals surface area contributed by atoms with Crippen LogP contribution in [0.2, 0.25) is 5.02 Å². The van der Waals surface area contributed by atoms with Crippen LogP contribution >= 0.6 is 11.6 Å². The number of ether oxygens (including phenoxy) is 1. The fourth-order valence-electron chi connectivity index (χ4n) is 2.88. The van der Waals surface area contributed by atoms with E-state index in [0.29, 0.717) is 24.8 Å². The molecule has 1 aromatic rings. The third kappa shape index (κ3) is 4.85. The van der Waals surface area contributed by atoms with Crippen LogP contribution in [0.4, 0.5) is 4.79 Å². The maximum atomic E-state index is 12.2. The molecule has 0 aliphatic carbocycles. The molecule has 1 fully saturated rings. The van der Waals surface area contributed by atoms with Gasteiger partial charge in [0.25, 0.3) is 0 Å². The van der Waals surface area contributed by atoms with Crippen molar-refractivity contribution < 1.29 is 19.4 Å². The summed E-state index contributed by atoms with van der Waals surface area (Å²) in [5.41, 5.74) is 0.940. The average molecular weight is 355 g/mol. The number of carboxylic acids is 1. The number of nitrogens with one attached hydrogen (secondary N) is 1. The first-order valence-electron chi connectivity index (χ1n) is 7.97. The summed E-state index contributed by atoms with van der Waals surface area (Å²) in [5.74, 6) is -0.920. The van der Waals surface area contributed by atoms with Gasteiger partial charge in [-0.2, -0.15) is 0 Å². The second-order valence-electron chi connectivity index (χ2n) is 6.12. The summed E-state index contributed by atoms with van der Waals surface area (Å²) in [6.07, 6.45) is 1.56. The van der Waals surface area contributed by atoms with Crippen molar-refractivity contribution in [3.63, 3.8) is 0 Å². The quantitative estimate of drug-likeness (QED) is 0.822. The molecule has 0 spiro atoms. The molecule has 1 aromatic carbocycles. The van der Waals surface area contributed by atoms with Crippen molar-refractivity contribution >= 4 is 23.6 Å². The lowest BCUT2D eigenvalue weighted by Crippen LogP contribution is -2.48. The van der Waals surface area contributed by atoms with Gasteiger partial charge in [0.1, 0.15) is 0 Å². The van der Waals surface area contributed by atoms with Gasteiger partial charge >= 0.3 is 12.0 Å². The standard InChI is InChI=1S/C17H23ClN2O4/c1-20(9-6-15(21)22)16(23)19-12-17(7-10-24-11-8-17)13-2-4-14(18)5-3-13/h2-5H,6-12H2,1H3,(H,19,23)(H,21,22). The topological polar surface area (TPSA) is 78.9 Å². The Hall–Kier alpha value is -1.79. The first kappa shape index (κ1) is 18.5. The zero-order chi connectivity index (χ0) is 17.6. The Bertz CT molecular complexity index is 570. The van der Waals surface area contributed by atoms with Crippen LogP contribution in [0.3, 0.4) is 0 Å².